The van der Waals surface area contributed by atoms with Crippen LogP contribution in [0, 0.1) is 13.8 Å². The SMILES string of the molecule is Cc1cc(C(=O)N(C)c2ccccc2)c(C)o1. The van der Waals surface area contributed by atoms with Gasteiger partial charge in [0.05, 0.1) is 5.56 Å². The summed E-state index contributed by atoms with van der Waals surface area (Å²) < 4.78 is 5.37. The molecule has 0 aliphatic carbocycles. The third-order valence-corrected chi connectivity index (χ3v) is 2.72. The molecule has 0 N–H and O–H groups in total. The molecule has 0 bridgehead atoms. The number of rotatable bonds is 2. The molecule has 0 aliphatic heterocycles. The second-order valence-corrected chi connectivity index (χ2v) is 4.03. The summed E-state index contributed by atoms with van der Waals surface area (Å²) in [6, 6.07) is 11.3. The number of nitrogens with zero attached hydrogens (tertiary/aromatic N) is 1. The number of carbonyl (C=O) groups excluding carboxylic acids is 1. The number of hydrogen-bond acceptors (Lipinski definition) is 2. The van der Waals surface area contributed by atoms with Crippen LogP contribution in [0.3, 0.4) is 0 Å². The van der Waals surface area contributed by atoms with Crippen molar-refractivity contribution in [2.75, 3.05) is 11.9 Å². The number of furan rings is 1. The summed E-state index contributed by atoms with van der Waals surface area (Å²) in [5.74, 6) is 1.37. The van der Waals surface area contributed by atoms with Crippen molar-refractivity contribution in [3.63, 3.8) is 0 Å². The minimum atomic E-state index is -0.0504. The topological polar surface area (TPSA) is 33.5 Å². The van der Waals surface area contributed by atoms with Gasteiger partial charge in [0.2, 0.25) is 0 Å². The van der Waals surface area contributed by atoms with E-state index in [2.05, 4.69) is 0 Å². The highest BCUT2D eigenvalue weighted by Crippen LogP contribution is 2.19. The molecule has 2 rings (SSSR count). The van der Waals surface area contributed by atoms with E-state index in [0.717, 1.165) is 11.4 Å². The Hall–Kier alpha value is -2.03. The highest BCUT2D eigenvalue weighted by molar-refractivity contribution is 6.06. The van der Waals surface area contributed by atoms with Crippen molar-refractivity contribution in [3.05, 3.63) is 53.5 Å². The standard InChI is InChI=1S/C14H15NO2/c1-10-9-13(11(2)17-10)14(16)15(3)12-7-5-4-6-8-12/h4-9H,1-3H3. The third-order valence-electron chi connectivity index (χ3n) is 2.72. The maximum Gasteiger partial charge on any atom is 0.261 e. The van der Waals surface area contributed by atoms with Gasteiger partial charge < -0.3 is 9.32 Å². The van der Waals surface area contributed by atoms with Gasteiger partial charge in [-0.3, -0.25) is 4.79 Å². The molecule has 88 valence electrons. The lowest BCUT2D eigenvalue weighted by atomic mass is 10.2. The van der Waals surface area contributed by atoms with Gasteiger partial charge in [-0.2, -0.15) is 0 Å². The average Bonchev–Trinajstić information content (AvgIpc) is 2.68. The van der Waals surface area contributed by atoms with Crippen LogP contribution in [0.15, 0.2) is 40.8 Å². The van der Waals surface area contributed by atoms with E-state index in [9.17, 15) is 4.79 Å². The number of para-hydroxylation sites is 1. The van der Waals surface area contributed by atoms with Gasteiger partial charge in [-0.05, 0) is 32.0 Å². The zero-order valence-electron chi connectivity index (χ0n) is 10.2. The molecule has 0 saturated carbocycles. The van der Waals surface area contributed by atoms with Gasteiger partial charge >= 0.3 is 0 Å². The van der Waals surface area contributed by atoms with Crippen LogP contribution in [0.5, 0.6) is 0 Å². The van der Waals surface area contributed by atoms with E-state index in [0.29, 0.717) is 11.3 Å². The molecule has 0 unspecified atom stereocenters. The number of aryl methyl sites for hydroxylation is 2. The quantitative estimate of drug-likeness (QED) is 0.792. The fraction of sp³-hybridized carbons (Fsp3) is 0.214. The van der Waals surface area contributed by atoms with Gasteiger partial charge in [-0.1, -0.05) is 18.2 Å². The van der Waals surface area contributed by atoms with E-state index in [1.807, 2.05) is 37.3 Å². The summed E-state index contributed by atoms with van der Waals surface area (Å²) in [4.78, 5) is 13.9. The van der Waals surface area contributed by atoms with Crippen molar-refractivity contribution in [1.82, 2.24) is 0 Å². The first-order valence-corrected chi connectivity index (χ1v) is 5.49. The lowest BCUT2D eigenvalue weighted by Crippen LogP contribution is -2.26. The molecule has 1 aromatic carbocycles. The van der Waals surface area contributed by atoms with E-state index >= 15 is 0 Å². The molecular weight excluding hydrogens is 214 g/mol. The molecule has 1 heterocycles. The molecule has 2 aromatic rings. The van der Waals surface area contributed by atoms with Crippen LogP contribution in [-0.2, 0) is 0 Å². The highest BCUT2D eigenvalue weighted by atomic mass is 16.3. The van der Waals surface area contributed by atoms with Crippen LogP contribution >= 0.6 is 0 Å². The molecular formula is C14H15NO2. The van der Waals surface area contributed by atoms with Crippen molar-refractivity contribution >= 4 is 11.6 Å². The van der Waals surface area contributed by atoms with Gasteiger partial charge in [-0.25, -0.2) is 0 Å². The van der Waals surface area contributed by atoms with Crippen molar-refractivity contribution < 1.29 is 9.21 Å². The molecule has 0 spiro atoms. The zero-order chi connectivity index (χ0) is 12.4. The smallest absolute Gasteiger partial charge is 0.261 e. The number of carbonyl (C=O) groups is 1. The molecule has 1 aromatic heterocycles. The van der Waals surface area contributed by atoms with Gasteiger partial charge in [0.25, 0.3) is 5.91 Å². The van der Waals surface area contributed by atoms with Gasteiger partial charge in [0, 0.05) is 12.7 Å². The van der Waals surface area contributed by atoms with Crippen molar-refractivity contribution in [2.45, 2.75) is 13.8 Å². The second-order valence-electron chi connectivity index (χ2n) is 4.03. The first-order valence-electron chi connectivity index (χ1n) is 5.49. The minimum absolute atomic E-state index is 0.0504. The van der Waals surface area contributed by atoms with Crippen molar-refractivity contribution in [3.8, 4) is 0 Å². The van der Waals surface area contributed by atoms with Crippen LogP contribution in [-0.4, -0.2) is 13.0 Å². The fourth-order valence-corrected chi connectivity index (χ4v) is 1.79. The summed E-state index contributed by atoms with van der Waals surface area (Å²) >= 11 is 0. The van der Waals surface area contributed by atoms with E-state index in [1.165, 1.54) is 0 Å². The highest BCUT2D eigenvalue weighted by Gasteiger charge is 2.18. The molecule has 0 atom stereocenters. The largest absolute Gasteiger partial charge is 0.466 e. The molecule has 0 radical (unpaired) electrons. The van der Waals surface area contributed by atoms with E-state index in [4.69, 9.17) is 4.42 Å². The van der Waals surface area contributed by atoms with Crippen LogP contribution < -0.4 is 4.90 Å². The number of benzene rings is 1. The van der Waals surface area contributed by atoms with E-state index < -0.39 is 0 Å². The lowest BCUT2D eigenvalue weighted by molar-refractivity contribution is 0.0991. The van der Waals surface area contributed by atoms with Crippen molar-refractivity contribution in [2.24, 2.45) is 0 Å². The molecule has 0 aliphatic rings. The van der Waals surface area contributed by atoms with Crippen LogP contribution in [0.25, 0.3) is 0 Å². The Morgan fingerprint density at radius 1 is 1.18 bits per heavy atom. The maximum atomic E-state index is 12.2. The lowest BCUT2D eigenvalue weighted by Gasteiger charge is -2.16. The second kappa shape index (κ2) is 4.45. The average molecular weight is 229 g/mol. The third kappa shape index (κ3) is 2.23. The van der Waals surface area contributed by atoms with Crippen LogP contribution in [0.2, 0.25) is 0 Å². The first kappa shape index (κ1) is 11.5. The predicted molar refractivity (Wildman–Crippen MR) is 67.4 cm³/mol. The summed E-state index contributed by atoms with van der Waals surface area (Å²) in [7, 11) is 1.76. The Morgan fingerprint density at radius 3 is 2.35 bits per heavy atom. The van der Waals surface area contributed by atoms with Gasteiger partial charge in [-0.15, -0.1) is 0 Å². The Kier molecular flexibility index (Phi) is 3.00. The number of anilines is 1. The number of amides is 1. The van der Waals surface area contributed by atoms with Crippen molar-refractivity contribution in [1.29, 1.82) is 0 Å². The molecule has 3 heteroatoms. The molecule has 17 heavy (non-hydrogen) atoms. The molecule has 0 fully saturated rings. The normalized spacial score (nSPS) is 10.3. The molecule has 3 nitrogen and oxygen atoms in total. The molecule has 0 saturated heterocycles. The zero-order valence-corrected chi connectivity index (χ0v) is 10.2. The Balaban J connectivity index is 2.30. The summed E-state index contributed by atoms with van der Waals surface area (Å²) in [6.45, 7) is 3.64. The fourth-order valence-electron chi connectivity index (χ4n) is 1.79. The van der Waals surface area contributed by atoms with Gasteiger partial charge in [0.15, 0.2) is 0 Å². The Morgan fingerprint density at radius 2 is 1.82 bits per heavy atom. The minimum Gasteiger partial charge on any atom is -0.466 e. The monoisotopic (exact) mass is 229 g/mol. The number of hydrogen-bond donors (Lipinski definition) is 0. The predicted octanol–water partition coefficient (Wildman–Crippen LogP) is 3.17. The van der Waals surface area contributed by atoms with Crippen LogP contribution in [0.4, 0.5) is 5.69 Å². The van der Waals surface area contributed by atoms with Crippen LogP contribution in [0.1, 0.15) is 21.9 Å². The molecule has 1 amide bonds. The summed E-state index contributed by atoms with van der Waals surface area (Å²) in [6.07, 6.45) is 0. The maximum absolute atomic E-state index is 12.2. The first-order chi connectivity index (χ1) is 8.09. The van der Waals surface area contributed by atoms with Gasteiger partial charge in [0.1, 0.15) is 11.5 Å². The Labute approximate surface area is 101 Å². The van der Waals surface area contributed by atoms with E-state index in [-0.39, 0.29) is 5.91 Å². The Bertz CT molecular complexity index is 528. The summed E-state index contributed by atoms with van der Waals surface area (Å²) in [5.41, 5.74) is 1.49. The summed E-state index contributed by atoms with van der Waals surface area (Å²) in [5, 5.41) is 0. The van der Waals surface area contributed by atoms with E-state index in [1.54, 1.807) is 24.9 Å².